The molecule has 0 spiro atoms. The predicted molar refractivity (Wildman–Crippen MR) is 114 cm³/mol. The summed E-state index contributed by atoms with van der Waals surface area (Å²) >= 11 is 6.13. The van der Waals surface area contributed by atoms with Gasteiger partial charge in [-0.25, -0.2) is 4.39 Å². The summed E-state index contributed by atoms with van der Waals surface area (Å²) in [5, 5.41) is 0.0310. The van der Waals surface area contributed by atoms with Gasteiger partial charge in [0.25, 0.3) is 0 Å². The molecule has 0 atom stereocenters. The molecule has 2 nitrogen and oxygen atoms in total. The van der Waals surface area contributed by atoms with E-state index in [4.69, 9.17) is 21.1 Å². The smallest absolute Gasteiger partial charge is 0.187 e. The van der Waals surface area contributed by atoms with Gasteiger partial charge in [-0.3, -0.25) is 0 Å². The number of halogens is 2. The second-order valence-electron chi connectivity index (χ2n) is 8.78. The molecular weight excluding hydrogens is 375 g/mol. The summed E-state index contributed by atoms with van der Waals surface area (Å²) < 4.78 is 25.3. The van der Waals surface area contributed by atoms with Crippen molar-refractivity contribution in [3.63, 3.8) is 0 Å². The van der Waals surface area contributed by atoms with Crippen LogP contribution in [0.2, 0.25) is 5.02 Å². The fourth-order valence-electron chi connectivity index (χ4n) is 5.28. The fourth-order valence-corrected chi connectivity index (χ4v) is 5.49. The highest BCUT2D eigenvalue weighted by Crippen LogP contribution is 2.42. The van der Waals surface area contributed by atoms with Gasteiger partial charge in [-0.1, -0.05) is 44.2 Å². The number of rotatable bonds is 8. The van der Waals surface area contributed by atoms with E-state index in [0.717, 1.165) is 17.8 Å². The minimum absolute atomic E-state index is 0.0310. The molecule has 0 amide bonds. The first-order chi connectivity index (χ1) is 13.6. The van der Waals surface area contributed by atoms with Crippen LogP contribution < -0.4 is 9.47 Å². The van der Waals surface area contributed by atoms with Crippen molar-refractivity contribution in [1.82, 2.24) is 0 Å². The second-order valence-corrected chi connectivity index (χ2v) is 9.16. The lowest BCUT2D eigenvalue weighted by molar-refractivity contribution is 0.122. The first kappa shape index (κ1) is 21.7. The van der Waals surface area contributed by atoms with Gasteiger partial charge in [0.15, 0.2) is 11.6 Å². The Morgan fingerprint density at radius 1 is 0.857 bits per heavy atom. The summed E-state index contributed by atoms with van der Waals surface area (Å²) in [5.74, 6) is 3.50. The Bertz CT molecular complexity index is 605. The zero-order valence-electron chi connectivity index (χ0n) is 17.5. The standard InChI is InChI=1S/C24H36ClFO2/c1-3-5-17-6-10-19(11-7-17)20-12-8-18(9-13-20)16-28-21-14-15-22(27-4-2)24(26)23(21)25/h14-15,17-20H,3-13,16H2,1-2H3. The maximum Gasteiger partial charge on any atom is 0.187 e. The van der Waals surface area contributed by atoms with Crippen LogP contribution in [0.15, 0.2) is 12.1 Å². The lowest BCUT2D eigenvalue weighted by Gasteiger charge is -2.37. The average Bonchev–Trinajstić information content (AvgIpc) is 2.72. The second kappa shape index (κ2) is 10.7. The normalized spacial score (nSPS) is 28.1. The number of hydrogen-bond acceptors (Lipinski definition) is 2. The molecule has 0 bridgehead atoms. The Balaban J connectivity index is 1.42. The van der Waals surface area contributed by atoms with Gasteiger partial charge in [0.1, 0.15) is 10.8 Å². The first-order valence-corrected chi connectivity index (χ1v) is 11.7. The molecule has 0 aromatic heterocycles. The third-order valence-corrected chi connectivity index (χ3v) is 7.28. The summed E-state index contributed by atoms with van der Waals surface area (Å²) in [5.41, 5.74) is 0. The summed E-state index contributed by atoms with van der Waals surface area (Å²) in [6.07, 6.45) is 13.6. The van der Waals surface area contributed by atoms with Crippen molar-refractivity contribution in [2.75, 3.05) is 13.2 Å². The van der Waals surface area contributed by atoms with E-state index in [0.29, 0.717) is 24.9 Å². The molecule has 2 aliphatic rings. The van der Waals surface area contributed by atoms with E-state index >= 15 is 0 Å². The molecule has 0 heterocycles. The maximum atomic E-state index is 14.2. The van der Waals surface area contributed by atoms with Crippen LogP contribution >= 0.6 is 11.6 Å². The van der Waals surface area contributed by atoms with E-state index in [1.165, 1.54) is 64.2 Å². The van der Waals surface area contributed by atoms with Crippen LogP contribution in [-0.4, -0.2) is 13.2 Å². The van der Waals surface area contributed by atoms with Crippen molar-refractivity contribution in [1.29, 1.82) is 0 Å². The van der Waals surface area contributed by atoms with Gasteiger partial charge >= 0.3 is 0 Å². The Morgan fingerprint density at radius 3 is 2.00 bits per heavy atom. The molecule has 1 aromatic carbocycles. The SMILES string of the molecule is CCCC1CCC(C2CCC(COc3ccc(OCC)c(F)c3Cl)CC2)CC1. The van der Waals surface area contributed by atoms with Gasteiger partial charge in [0, 0.05) is 0 Å². The van der Waals surface area contributed by atoms with Gasteiger partial charge in [-0.15, -0.1) is 0 Å². The first-order valence-electron chi connectivity index (χ1n) is 11.4. The highest BCUT2D eigenvalue weighted by Gasteiger charge is 2.31. The molecule has 4 heteroatoms. The lowest BCUT2D eigenvalue weighted by atomic mass is 9.69. The molecule has 0 saturated heterocycles. The molecule has 2 aliphatic carbocycles. The molecule has 0 N–H and O–H groups in total. The zero-order valence-corrected chi connectivity index (χ0v) is 18.3. The number of benzene rings is 1. The highest BCUT2D eigenvalue weighted by atomic mass is 35.5. The van der Waals surface area contributed by atoms with E-state index in [1.807, 2.05) is 6.92 Å². The summed E-state index contributed by atoms with van der Waals surface area (Å²) in [6.45, 7) is 5.18. The fraction of sp³-hybridized carbons (Fsp3) is 0.750. The Hall–Kier alpha value is -0.960. The molecular formula is C24H36ClFO2. The van der Waals surface area contributed by atoms with E-state index in [9.17, 15) is 4.39 Å². The Labute approximate surface area is 175 Å². The van der Waals surface area contributed by atoms with Gasteiger partial charge in [0.2, 0.25) is 0 Å². The van der Waals surface area contributed by atoms with E-state index in [1.54, 1.807) is 12.1 Å². The van der Waals surface area contributed by atoms with Crippen LogP contribution in [0.3, 0.4) is 0 Å². The van der Waals surface area contributed by atoms with Crippen molar-refractivity contribution in [3.8, 4) is 11.5 Å². The van der Waals surface area contributed by atoms with Crippen LogP contribution in [-0.2, 0) is 0 Å². The molecule has 0 unspecified atom stereocenters. The van der Waals surface area contributed by atoms with Gasteiger partial charge < -0.3 is 9.47 Å². The van der Waals surface area contributed by atoms with E-state index in [-0.39, 0.29) is 10.8 Å². The zero-order chi connectivity index (χ0) is 19.9. The van der Waals surface area contributed by atoms with Gasteiger partial charge in [-0.2, -0.15) is 0 Å². The molecule has 2 fully saturated rings. The van der Waals surface area contributed by atoms with Crippen LogP contribution in [0.5, 0.6) is 11.5 Å². The van der Waals surface area contributed by atoms with Crippen LogP contribution in [0.1, 0.15) is 78.1 Å². The molecule has 0 radical (unpaired) electrons. The van der Waals surface area contributed by atoms with Crippen LogP contribution in [0.25, 0.3) is 0 Å². The van der Waals surface area contributed by atoms with Gasteiger partial charge in [0.05, 0.1) is 13.2 Å². The highest BCUT2D eigenvalue weighted by molar-refractivity contribution is 6.32. The summed E-state index contributed by atoms with van der Waals surface area (Å²) in [7, 11) is 0. The van der Waals surface area contributed by atoms with Gasteiger partial charge in [-0.05, 0) is 81.3 Å². The largest absolute Gasteiger partial charge is 0.492 e. The van der Waals surface area contributed by atoms with Crippen molar-refractivity contribution in [2.24, 2.45) is 23.7 Å². The molecule has 3 rings (SSSR count). The van der Waals surface area contributed by atoms with E-state index in [2.05, 4.69) is 6.92 Å². The monoisotopic (exact) mass is 410 g/mol. The van der Waals surface area contributed by atoms with Crippen molar-refractivity contribution < 1.29 is 13.9 Å². The minimum atomic E-state index is -0.525. The Morgan fingerprint density at radius 2 is 1.43 bits per heavy atom. The number of hydrogen-bond donors (Lipinski definition) is 0. The third-order valence-electron chi connectivity index (χ3n) is 6.93. The quantitative estimate of drug-likeness (QED) is 0.437. The molecule has 2 saturated carbocycles. The van der Waals surface area contributed by atoms with Crippen molar-refractivity contribution in [2.45, 2.75) is 78.1 Å². The summed E-state index contributed by atoms with van der Waals surface area (Å²) in [4.78, 5) is 0. The van der Waals surface area contributed by atoms with Crippen molar-refractivity contribution >= 4 is 11.6 Å². The maximum absolute atomic E-state index is 14.2. The van der Waals surface area contributed by atoms with Crippen LogP contribution in [0.4, 0.5) is 4.39 Å². The minimum Gasteiger partial charge on any atom is -0.492 e. The molecule has 158 valence electrons. The lowest BCUT2D eigenvalue weighted by Crippen LogP contribution is -2.27. The average molecular weight is 411 g/mol. The predicted octanol–water partition coefficient (Wildman–Crippen LogP) is 7.67. The van der Waals surface area contributed by atoms with E-state index < -0.39 is 5.82 Å². The molecule has 0 aliphatic heterocycles. The van der Waals surface area contributed by atoms with Crippen LogP contribution in [0, 0.1) is 29.5 Å². The number of ether oxygens (including phenoxy) is 2. The summed E-state index contributed by atoms with van der Waals surface area (Å²) in [6, 6.07) is 3.32. The van der Waals surface area contributed by atoms with Crippen molar-refractivity contribution in [3.05, 3.63) is 23.0 Å². The third kappa shape index (κ3) is 5.55. The molecule has 28 heavy (non-hydrogen) atoms. The Kier molecular flexibility index (Phi) is 8.32. The molecule has 1 aromatic rings. The topological polar surface area (TPSA) is 18.5 Å².